The molecule has 0 atom stereocenters. The SMILES string of the molecule is Cc1cc(NCCCc2ccccc2)nc(N2CCC(C)CC2)n1. The quantitative estimate of drug-likeness (QED) is 0.813. The second-order valence-corrected chi connectivity index (χ2v) is 6.88. The molecule has 1 fully saturated rings. The van der Waals surface area contributed by atoms with Crippen LogP contribution in [0.1, 0.15) is 37.4 Å². The first kappa shape index (κ1) is 16.7. The van der Waals surface area contributed by atoms with Crippen LogP contribution in [-0.4, -0.2) is 29.6 Å². The van der Waals surface area contributed by atoms with E-state index < -0.39 is 0 Å². The van der Waals surface area contributed by atoms with Crippen molar-refractivity contribution in [2.75, 3.05) is 29.9 Å². The summed E-state index contributed by atoms with van der Waals surface area (Å²) >= 11 is 0. The normalized spacial score (nSPS) is 15.5. The Hall–Kier alpha value is -2.10. The van der Waals surface area contributed by atoms with Crippen molar-refractivity contribution in [1.82, 2.24) is 9.97 Å². The summed E-state index contributed by atoms with van der Waals surface area (Å²) in [5, 5.41) is 3.47. The lowest BCUT2D eigenvalue weighted by Gasteiger charge is -2.30. The first-order valence-corrected chi connectivity index (χ1v) is 9.09. The first-order chi connectivity index (χ1) is 11.7. The summed E-state index contributed by atoms with van der Waals surface area (Å²) in [6.07, 6.45) is 4.66. The molecule has 4 nitrogen and oxygen atoms in total. The molecule has 1 N–H and O–H groups in total. The lowest BCUT2D eigenvalue weighted by atomic mass is 10.00. The van der Waals surface area contributed by atoms with Crippen LogP contribution in [0.15, 0.2) is 36.4 Å². The standard InChI is InChI=1S/C20H28N4/c1-16-10-13-24(14-11-16)20-22-17(2)15-19(23-20)21-12-6-9-18-7-4-3-5-8-18/h3-5,7-8,15-16H,6,9-14H2,1-2H3,(H,21,22,23). The number of anilines is 2. The molecule has 128 valence electrons. The maximum absolute atomic E-state index is 4.73. The summed E-state index contributed by atoms with van der Waals surface area (Å²) in [7, 11) is 0. The largest absolute Gasteiger partial charge is 0.370 e. The Labute approximate surface area is 145 Å². The van der Waals surface area contributed by atoms with Crippen LogP contribution in [0.4, 0.5) is 11.8 Å². The summed E-state index contributed by atoms with van der Waals surface area (Å²) in [6.45, 7) is 7.44. The fourth-order valence-corrected chi connectivity index (χ4v) is 3.15. The third-order valence-electron chi connectivity index (χ3n) is 4.70. The fraction of sp³-hybridized carbons (Fsp3) is 0.500. The topological polar surface area (TPSA) is 41.1 Å². The smallest absolute Gasteiger partial charge is 0.227 e. The molecule has 1 saturated heterocycles. The van der Waals surface area contributed by atoms with Gasteiger partial charge >= 0.3 is 0 Å². The van der Waals surface area contributed by atoms with E-state index in [9.17, 15) is 0 Å². The van der Waals surface area contributed by atoms with Crippen molar-refractivity contribution in [3.05, 3.63) is 47.7 Å². The molecule has 0 bridgehead atoms. The Kier molecular flexibility index (Phi) is 5.68. The van der Waals surface area contributed by atoms with Gasteiger partial charge in [0, 0.05) is 31.4 Å². The van der Waals surface area contributed by atoms with Gasteiger partial charge in [0.1, 0.15) is 5.82 Å². The van der Waals surface area contributed by atoms with Gasteiger partial charge in [0.25, 0.3) is 0 Å². The van der Waals surface area contributed by atoms with E-state index in [4.69, 9.17) is 4.98 Å². The zero-order valence-electron chi connectivity index (χ0n) is 14.8. The fourth-order valence-electron chi connectivity index (χ4n) is 3.15. The summed E-state index contributed by atoms with van der Waals surface area (Å²) in [5.41, 5.74) is 2.42. The molecule has 1 aliphatic rings. The van der Waals surface area contributed by atoms with Crippen LogP contribution in [0.25, 0.3) is 0 Å². The number of aromatic nitrogens is 2. The van der Waals surface area contributed by atoms with Gasteiger partial charge < -0.3 is 10.2 Å². The number of piperidine rings is 1. The van der Waals surface area contributed by atoms with Crippen molar-refractivity contribution >= 4 is 11.8 Å². The van der Waals surface area contributed by atoms with E-state index in [0.29, 0.717) is 0 Å². The maximum Gasteiger partial charge on any atom is 0.227 e. The molecular formula is C20H28N4. The molecule has 1 aromatic carbocycles. The second kappa shape index (κ2) is 8.13. The molecule has 2 aromatic rings. The van der Waals surface area contributed by atoms with Crippen molar-refractivity contribution in [1.29, 1.82) is 0 Å². The van der Waals surface area contributed by atoms with Gasteiger partial charge in [-0.05, 0) is 44.1 Å². The average molecular weight is 324 g/mol. The highest BCUT2D eigenvalue weighted by Crippen LogP contribution is 2.21. The highest BCUT2D eigenvalue weighted by molar-refractivity contribution is 5.43. The number of nitrogens with one attached hydrogen (secondary N) is 1. The number of hydrogen-bond acceptors (Lipinski definition) is 4. The van der Waals surface area contributed by atoms with Crippen molar-refractivity contribution < 1.29 is 0 Å². The van der Waals surface area contributed by atoms with Crippen LogP contribution in [0.3, 0.4) is 0 Å². The number of benzene rings is 1. The number of rotatable bonds is 6. The van der Waals surface area contributed by atoms with Crippen LogP contribution < -0.4 is 10.2 Å². The summed E-state index contributed by atoms with van der Waals surface area (Å²) in [6, 6.07) is 12.7. The molecular weight excluding hydrogens is 296 g/mol. The van der Waals surface area contributed by atoms with Gasteiger partial charge in [-0.2, -0.15) is 4.98 Å². The lowest BCUT2D eigenvalue weighted by molar-refractivity contribution is 0.434. The van der Waals surface area contributed by atoms with E-state index >= 15 is 0 Å². The third-order valence-corrected chi connectivity index (χ3v) is 4.70. The van der Waals surface area contributed by atoms with E-state index in [-0.39, 0.29) is 0 Å². The van der Waals surface area contributed by atoms with Crippen LogP contribution in [0.2, 0.25) is 0 Å². The monoisotopic (exact) mass is 324 g/mol. The number of hydrogen-bond donors (Lipinski definition) is 1. The van der Waals surface area contributed by atoms with Gasteiger partial charge in [0.2, 0.25) is 5.95 Å². The molecule has 0 spiro atoms. The predicted octanol–water partition coefficient (Wildman–Crippen LogP) is 4.07. The van der Waals surface area contributed by atoms with Crippen LogP contribution >= 0.6 is 0 Å². The van der Waals surface area contributed by atoms with Crippen molar-refractivity contribution in [3.8, 4) is 0 Å². The van der Waals surface area contributed by atoms with Crippen molar-refractivity contribution in [2.45, 2.75) is 39.5 Å². The van der Waals surface area contributed by atoms with Crippen molar-refractivity contribution in [2.24, 2.45) is 5.92 Å². The molecule has 0 unspecified atom stereocenters. The Morgan fingerprint density at radius 1 is 1.12 bits per heavy atom. The van der Waals surface area contributed by atoms with Gasteiger partial charge in [0.05, 0.1) is 0 Å². The lowest BCUT2D eigenvalue weighted by Crippen LogP contribution is -2.34. The van der Waals surface area contributed by atoms with Gasteiger partial charge in [-0.15, -0.1) is 0 Å². The van der Waals surface area contributed by atoms with Crippen LogP contribution in [-0.2, 0) is 6.42 Å². The van der Waals surface area contributed by atoms with Crippen molar-refractivity contribution in [3.63, 3.8) is 0 Å². The predicted molar refractivity (Wildman–Crippen MR) is 101 cm³/mol. The second-order valence-electron chi connectivity index (χ2n) is 6.88. The highest BCUT2D eigenvalue weighted by Gasteiger charge is 2.18. The summed E-state index contributed by atoms with van der Waals surface area (Å²) < 4.78 is 0. The third kappa shape index (κ3) is 4.70. The van der Waals surface area contributed by atoms with E-state index in [2.05, 4.69) is 52.5 Å². The van der Waals surface area contributed by atoms with E-state index in [0.717, 1.165) is 55.9 Å². The minimum absolute atomic E-state index is 0.821. The van der Waals surface area contributed by atoms with Gasteiger partial charge in [-0.3, -0.25) is 0 Å². The average Bonchev–Trinajstić information content (AvgIpc) is 2.60. The zero-order valence-corrected chi connectivity index (χ0v) is 14.8. The van der Waals surface area contributed by atoms with E-state index in [1.54, 1.807) is 0 Å². The minimum atomic E-state index is 0.821. The van der Waals surface area contributed by atoms with Gasteiger partial charge in [-0.25, -0.2) is 4.98 Å². The Bertz CT molecular complexity index is 633. The summed E-state index contributed by atoms with van der Waals surface area (Å²) in [4.78, 5) is 11.7. The highest BCUT2D eigenvalue weighted by atomic mass is 15.3. The van der Waals surface area contributed by atoms with Crippen LogP contribution in [0, 0.1) is 12.8 Å². The van der Waals surface area contributed by atoms with E-state index in [1.807, 2.05) is 13.0 Å². The van der Waals surface area contributed by atoms with Gasteiger partial charge in [-0.1, -0.05) is 37.3 Å². The maximum atomic E-state index is 4.73. The summed E-state index contributed by atoms with van der Waals surface area (Å²) in [5.74, 6) is 2.65. The molecule has 24 heavy (non-hydrogen) atoms. The molecule has 0 amide bonds. The molecule has 1 aliphatic heterocycles. The Morgan fingerprint density at radius 2 is 1.88 bits per heavy atom. The Balaban J connectivity index is 1.54. The molecule has 1 aromatic heterocycles. The molecule has 0 radical (unpaired) electrons. The zero-order chi connectivity index (χ0) is 16.8. The number of aryl methyl sites for hydroxylation is 2. The van der Waals surface area contributed by atoms with E-state index in [1.165, 1.54) is 18.4 Å². The molecule has 2 heterocycles. The Morgan fingerprint density at radius 3 is 2.62 bits per heavy atom. The molecule has 0 aliphatic carbocycles. The molecule has 3 rings (SSSR count). The van der Waals surface area contributed by atoms with Crippen LogP contribution in [0.5, 0.6) is 0 Å². The molecule has 0 saturated carbocycles. The molecule has 4 heteroatoms. The number of nitrogens with zero attached hydrogens (tertiary/aromatic N) is 3. The minimum Gasteiger partial charge on any atom is -0.370 e. The first-order valence-electron chi connectivity index (χ1n) is 9.09. The van der Waals surface area contributed by atoms with Gasteiger partial charge in [0.15, 0.2) is 0 Å².